The molecule has 2 nitrogen and oxygen atoms in total. The lowest BCUT2D eigenvalue weighted by Gasteiger charge is -2.09. The summed E-state index contributed by atoms with van der Waals surface area (Å²) >= 11 is 0. The van der Waals surface area contributed by atoms with Crippen molar-refractivity contribution in [3.8, 4) is 11.3 Å². The van der Waals surface area contributed by atoms with Crippen molar-refractivity contribution in [2.75, 3.05) is 0 Å². The van der Waals surface area contributed by atoms with Gasteiger partial charge in [0.1, 0.15) is 5.76 Å². The monoisotopic (exact) mass is 201 g/mol. The second kappa shape index (κ2) is 4.32. The van der Waals surface area contributed by atoms with Gasteiger partial charge in [-0.3, -0.25) is 0 Å². The van der Waals surface area contributed by atoms with E-state index in [9.17, 15) is 0 Å². The summed E-state index contributed by atoms with van der Waals surface area (Å²) in [7, 11) is 0. The van der Waals surface area contributed by atoms with Gasteiger partial charge in [-0.15, -0.1) is 0 Å². The summed E-state index contributed by atoms with van der Waals surface area (Å²) in [6, 6.07) is 12.3. The summed E-state index contributed by atoms with van der Waals surface area (Å²) in [5, 5.41) is 0. The molecule has 1 atom stereocenters. The highest BCUT2D eigenvalue weighted by Gasteiger charge is 2.07. The van der Waals surface area contributed by atoms with Gasteiger partial charge < -0.3 is 10.2 Å². The summed E-state index contributed by atoms with van der Waals surface area (Å²) in [6.45, 7) is 2.01. The second-order valence-corrected chi connectivity index (χ2v) is 3.82. The van der Waals surface area contributed by atoms with Crippen molar-refractivity contribution < 1.29 is 4.42 Å². The van der Waals surface area contributed by atoms with Crippen LogP contribution in [0.3, 0.4) is 0 Å². The molecule has 0 aliphatic heterocycles. The minimum absolute atomic E-state index is 0.168. The van der Waals surface area contributed by atoms with Crippen LogP contribution in [0.2, 0.25) is 0 Å². The lowest BCUT2D eigenvalue weighted by atomic mass is 10.00. The molecule has 1 aromatic heterocycles. The van der Waals surface area contributed by atoms with E-state index in [-0.39, 0.29) is 6.04 Å². The molecular formula is C13H15NO. The molecule has 0 amide bonds. The van der Waals surface area contributed by atoms with Crippen molar-refractivity contribution in [1.82, 2.24) is 0 Å². The van der Waals surface area contributed by atoms with Gasteiger partial charge in [0.25, 0.3) is 0 Å². The Morgan fingerprint density at radius 2 is 2.00 bits per heavy atom. The van der Waals surface area contributed by atoms with Crippen molar-refractivity contribution in [3.63, 3.8) is 0 Å². The van der Waals surface area contributed by atoms with Crippen LogP contribution in [-0.2, 0) is 6.42 Å². The fourth-order valence-electron chi connectivity index (χ4n) is 1.72. The molecule has 0 saturated carbocycles. The predicted molar refractivity (Wildman–Crippen MR) is 61.5 cm³/mol. The molecule has 15 heavy (non-hydrogen) atoms. The zero-order chi connectivity index (χ0) is 10.7. The van der Waals surface area contributed by atoms with Gasteiger partial charge in [-0.25, -0.2) is 0 Å². The largest absolute Gasteiger partial charge is 0.464 e. The molecule has 1 heterocycles. The first-order valence-corrected chi connectivity index (χ1v) is 5.15. The molecule has 1 unspecified atom stereocenters. The summed E-state index contributed by atoms with van der Waals surface area (Å²) < 4.78 is 5.40. The third kappa shape index (κ3) is 2.28. The van der Waals surface area contributed by atoms with Gasteiger partial charge in [0.05, 0.1) is 6.26 Å². The Morgan fingerprint density at radius 1 is 1.20 bits per heavy atom. The van der Waals surface area contributed by atoms with Crippen LogP contribution in [0.15, 0.2) is 47.1 Å². The third-order valence-electron chi connectivity index (χ3n) is 2.35. The molecule has 0 fully saturated rings. The van der Waals surface area contributed by atoms with Crippen LogP contribution >= 0.6 is 0 Å². The summed E-state index contributed by atoms with van der Waals surface area (Å²) in [5.41, 5.74) is 8.19. The fraction of sp³-hybridized carbons (Fsp3) is 0.231. The molecule has 2 N–H and O–H groups in total. The van der Waals surface area contributed by atoms with Gasteiger partial charge in [-0.05, 0) is 31.0 Å². The maximum absolute atomic E-state index is 5.82. The third-order valence-corrected chi connectivity index (χ3v) is 2.35. The molecule has 0 aliphatic carbocycles. The first-order chi connectivity index (χ1) is 7.27. The highest BCUT2D eigenvalue weighted by molar-refractivity contribution is 5.62. The van der Waals surface area contributed by atoms with Gasteiger partial charge in [-0.1, -0.05) is 24.3 Å². The van der Waals surface area contributed by atoms with E-state index in [2.05, 4.69) is 12.1 Å². The molecule has 1 aromatic carbocycles. The fourth-order valence-corrected chi connectivity index (χ4v) is 1.72. The Morgan fingerprint density at radius 3 is 2.67 bits per heavy atom. The number of benzene rings is 1. The van der Waals surface area contributed by atoms with Gasteiger partial charge >= 0.3 is 0 Å². The normalized spacial score (nSPS) is 12.7. The van der Waals surface area contributed by atoms with E-state index in [1.807, 2.05) is 31.2 Å². The SMILES string of the molecule is CC(N)Cc1ccccc1-c1ccco1. The Balaban J connectivity index is 2.38. The van der Waals surface area contributed by atoms with E-state index in [4.69, 9.17) is 10.2 Å². The minimum atomic E-state index is 0.168. The van der Waals surface area contributed by atoms with Crippen molar-refractivity contribution in [2.24, 2.45) is 5.73 Å². The average Bonchev–Trinajstić information content (AvgIpc) is 2.70. The van der Waals surface area contributed by atoms with Crippen LogP contribution in [0, 0.1) is 0 Å². The molecule has 0 bridgehead atoms. The Labute approximate surface area is 89.7 Å². The predicted octanol–water partition coefficient (Wildman–Crippen LogP) is 2.84. The van der Waals surface area contributed by atoms with Crippen molar-refractivity contribution in [2.45, 2.75) is 19.4 Å². The standard InChI is InChI=1S/C13H15NO/c1-10(14)9-11-5-2-3-6-12(11)13-7-4-8-15-13/h2-8,10H,9,14H2,1H3. The van der Waals surface area contributed by atoms with Gasteiger partial charge in [0, 0.05) is 11.6 Å². The molecule has 78 valence electrons. The molecule has 0 aliphatic rings. The van der Waals surface area contributed by atoms with E-state index >= 15 is 0 Å². The van der Waals surface area contributed by atoms with E-state index in [1.54, 1.807) is 6.26 Å². The first-order valence-electron chi connectivity index (χ1n) is 5.15. The molecule has 2 heteroatoms. The van der Waals surface area contributed by atoms with Gasteiger partial charge in [0.15, 0.2) is 0 Å². The summed E-state index contributed by atoms with van der Waals surface area (Å²) in [4.78, 5) is 0. The van der Waals surface area contributed by atoms with Gasteiger partial charge in [-0.2, -0.15) is 0 Å². The van der Waals surface area contributed by atoms with Crippen LogP contribution < -0.4 is 5.73 Å². The Bertz CT molecular complexity index is 418. The average molecular weight is 201 g/mol. The topological polar surface area (TPSA) is 39.2 Å². The van der Waals surface area contributed by atoms with Crippen LogP contribution in [0.25, 0.3) is 11.3 Å². The number of hydrogen-bond acceptors (Lipinski definition) is 2. The van der Waals surface area contributed by atoms with Crippen LogP contribution in [0.1, 0.15) is 12.5 Å². The minimum Gasteiger partial charge on any atom is -0.464 e. The Kier molecular flexibility index (Phi) is 2.88. The van der Waals surface area contributed by atoms with Crippen LogP contribution in [0.4, 0.5) is 0 Å². The number of nitrogens with two attached hydrogens (primary N) is 1. The van der Waals surface area contributed by atoms with Crippen LogP contribution in [0.5, 0.6) is 0 Å². The van der Waals surface area contributed by atoms with Crippen molar-refractivity contribution >= 4 is 0 Å². The van der Waals surface area contributed by atoms with Crippen LogP contribution in [-0.4, -0.2) is 6.04 Å². The zero-order valence-electron chi connectivity index (χ0n) is 8.81. The molecule has 2 aromatic rings. The highest BCUT2D eigenvalue weighted by Crippen LogP contribution is 2.24. The lowest BCUT2D eigenvalue weighted by Crippen LogP contribution is -2.18. The van der Waals surface area contributed by atoms with E-state index in [1.165, 1.54) is 5.56 Å². The maximum Gasteiger partial charge on any atom is 0.134 e. The van der Waals surface area contributed by atoms with Crippen molar-refractivity contribution in [3.05, 3.63) is 48.2 Å². The number of rotatable bonds is 3. The number of hydrogen-bond donors (Lipinski definition) is 1. The quantitative estimate of drug-likeness (QED) is 0.829. The highest BCUT2D eigenvalue weighted by atomic mass is 16.3. The lowest BCUT2D eigenvalue weighted by molar-refractivity contribution is 0.581. The van der Waals surface area contributed by atoms with E-state index in [0.29, 0.717) is 0 Å². The zero-order valence-corrected chi connectivity index (χ0v) is 8.81. The molecule has 0 spiro atoms. The molecular weight excluding hydrogens is 186 g/mol. The van der Waals surface area contributed by atoms with E-state index < -0.39 is 0 Å². The Hall–Kier alpha value is -1.54. The maximum atomic E-state index is 5.82. The molecule has 0 saturated heterocycles. The van der Waals surface area contributed by atoms with Crippen molar-refractivity contribution in [1.29, 1.82) is 0 Å². The smallest absolute Gasteiger partial charge is 0.134 e. The number of furan rings is 1. The molecule has 0 radical (unpaired) electrons. The van der Waals surface area contributed by atoms with E-state index in [0.717, 1.165) is 17.7 Å². The summed E-state index contributed by atoms with van der Waals surface area (Å²) in [6.07, 6.45) is 2.56. The summed E-state index contributed by atoms with van der Waals surface area (Å²) in [5.74, 6) is 0.909. The second-order valence-electron chi connectivity index (χ2n) is 3.82. The molecule has 2 rings (SSSR count). The first kappa shape index (κ1) is 9.99. The van der Waals surface area contributed by atoms with Gasteiger partial charge in [0.2, 0.25) is 0 Å².